The molecule has 0 saturated carbocycles. The van der Waals surface area contributed by atoms with Crippen molar-refractivity contribution in [1.29, 1.82) is 0 Å². The van der Waals surface area contributed by atoms with Crippen LogP contribution in [0.2, 0.25) is 0 Å². The second kappa shape index (κ2) is 5.85. The molecule has 2 rings (SSSR count). The zero-order valence-corrected chi connectivity index (χ0v) is 11.5. The van der Waals surface area contributed by atoms with Gasteiger partial charge in [-0.3, -0.25) is 4.79 Å². The highest BCUT2D eigenvalue weighted by molar-refractivity contribution is 5.98. The fraction of sp³-hybridized carbons (Fsp3) is 0.312. The minimum atomic E-state index is 0.00663. The molecule has 0 radical (unpaired) electrons. The van der Waals surface area contributed by atoms with E-state index >= 15 is 0 Å². The van der Waals surface area contributed by atoms with Gasteiger partial charge in [-0.25, -0.2) is 0 Å². The van der Waals surface area contributed by atoms with Gasteiger partial charge in [0.2, 0.25) is 0 Å². The van der Waals surface area contributed by atoms with E-state index in [-0.39, 0.29) is 12.4 Å². The second-order valence-electron chi connectivity index (χ2n) is 4.75. The summed E-state index contributed by atoms with van der Waals surface area (Å²) in [6.45, 7) is 6.40. The van der Waals surface area contributed by atoms with Crippen molar-refractivity contribution in [3.8, 4) is 0 Å². The molecule has 0 atom stereocenters. The van der Waals surface area contributed by atoms with E-state index in [4.69, 9.17) is 9.15 Å². The van der Waals surface area contributed by atoms with E-state index in [2.05, 4.69) is 0 Å². The van der Waals surface area contributed by atoms with E-state index < -0.39 is 0 Å². The minimum Gasteiger partial charge on any atom is -0.467 e. The van der Waals surface area contributed by atoms with Crippen molar-refractivity contribution in [1.82, 2.24) is 0 Å². The highest BCUT2D eigenvalue weighted by atomic mass is 16.5. The molecule has 0 saturated heterocycles. The molecule has 1 aromatic carbocycles. The van der Waals surface area contributed by atoms with Crippen molar-refractivity contribution < 1.29 is 13.9 Å². The molecule has 19 heavy (non-hydrogen) atoms. The predicted octanol–water partition coefficient (Wildman–Crippen LogP) is 3.60. The highest BCUT2D eigenvalue weighted by Gasteiger charge is 2.11. The molecule has 1 aromatic heterocycles. The maximum absolute atomic E-state index is 12.1. The average molecular weight is 258 g/mol. The zero-order chi connectivity index (χ0) is 13.8. The standard InChI is InChI=1S/C16H18O3/c1-11-7-13(3)15(8-12(11)2)16(17)10-18-9-14-5-4-6-19-14/h4-8H,9-10H2,1-3H3. The number of aryl methyl sites for hydroxylation is 3. The maximum atomic E-state index is 12.1. The van der Waals surface area contributed by atoms with Gasteiger partial charge in [0.25, 0.3) is 0 Å². The number of carbonyl (C=O) groups excluding carboxylic acids is 1. The quantitative estimate of drug-likeness (QED) is 0.769. The number of ether oxygens (including phenoxy) is 1. The molecule has 3 heteroatoms. The van der Waals surface area contributed by atoms with E-state index in [1.54, 1.807) is 12.3 Å². The van der Waals surface area contributed by atoms with Crippen molar-refractivity contribution in [3.05, 3.63) is 58.5 Å². The van der Waals surface area contributed by atoms with E-state index in [1.807, 2.05) is 39.0 Å². The molecule has 0 bridgehead atoms. The minimum absolute atomic E-state index is 0.00663. The van der Waals surface area contributed by atoms with Gasteiger partial charge in [-0.15, -0.1) is 0 Å². The molecule has 0 aliphatic rings. The fourth-order valence-corrected chi connectivity index (χ4v) is 1.98. The number of Topliss-reactive ketones (excluding diaryl/α,β-unsaturated/α-hetero) is 1. The van der Waals surface area contributed by atoms with Gasteiger partial charge in [-0.2, -0.15) is 0 Å². The lowest BCUT2D eigenvalue weighted by Crippen LogP contribution is -2.11. The summed E-state index contributed by atoms with van der Waals surface area (Å²) >= 11 is 0. The highest BCUT2D eigenvalue weighted by Crippen LogP contribution is 2.16. The van der Waals surface area contributed by atoms with Crippen LogP contribution in [0.4, 0.5) is 0 Å². The van der Waals surface area contributed by atoms with Crippen LogP contribution >= 0.6 is 0 Å². The number of benzene rings is 1. The average Bonchev–Trinajstić information content (AvgIpc) is 2.86. The van der Waals surface area contributed by atoms with E-state index in [0.717, 1.165) is 22.5 Å². The number of ketones is 1. The first-order chi connectivity index (χ1) is 9.08. The van der Waals surface area contributed by atoms with Gasteiger partial charge < -0.3 is 9.15 Å². The number of furan rings is 1. The molecule has 2 aromatic rings. The normalized spacial score (nSPS) is 10.7. The molecule has 0 spiro atoms. The third-order valence-corrected chi connectivity index (χ3v) is 3.20. The third kappa shape index (κ3) is 3.32. The zero-order valence-electron chi connectivity index (χ0n) is 11.5. The molecular weight excluding hydrogens is 240 g/mol. The molecular formula is C16H18O3. The number of hydrogen-bond donors (Lipinski definition) is 0. The van der Waals surface area contributed by atoms with Crippen LogP contribution in [0.1, 0.15) is 32.8 Å². The lowest BCUT2D eigenvalue weighted by atomic mass is 9.98. The summed E-state index contributed by atoms with van der Waals surface area (Å²) in [6, 6.07) is 7.60. The Kier molecular flexibility index (Phi) is 4.17. The Hall–Kier alpha value is -1.87. The van der Waals surface area contributed by atoms with Gasteiger partial charge in [-0.05, 0) is 55.7 Å². The van der Waals surface area contributed by atoms with E-state index in [0.29, 0.717) is 6.61 Å². The van der Waals surface area contributed by atoms with Gasteiger partial charge >= 0.3 is 0 Å². The van der Waals surface area contributed by atoms with Crippen molar-refractivity contribution in [3.63, 3.8) is 0 Å². The fourth-order valence-electron chi connectivity index (χ4n) is 1.98. The SMILES string of the molecule is Cc1cc(C)c(C(=O)COCc2ccco2)cc1C. The van der Waals surface area contributed by atoms with E-state index in [1.165, 1.54) is 5.56 Å². The summed E-state index contributed by atoms with van der Waals surface area (Å²) in [6.07, 6.45) is 1.59. The van der Waals surface area contributed by atoms with E-state index in [9.17, 15) is 4.79 Å². The van der Waals surface area contributed by atoms with Crippen LogP contribution in [-0.2, 0) is 11.3 Å². The summed E-state index contributed by atoms with van der Waals surface area (Å²) in [5.41, 5.74) is 4.06. The van der Waals surface area contributed by atoms with Crippen LogP contribution in [0.5, 0.6) is 0 Å². The maximum Gasteiger partial charge on any atom is 0.188 e. The number of carbonyl (C=O) groups is 1. The lowest BCUT2D eigenvalue weighted by Gasteiger charge is -2.09. The molecule has 0 amide bonds. The topological polar surface area (TPSA) is 39.4 Å². The number of rotatable bonds is 5. The first-order valence-electron chi connectivity index (χ1n) is 6.29. The Labute approximate surface area is 113 Å². The molecule has 100 valence electrons. The largest absolute Gasteiger partial charge is 0.467 e. The smallest absolute Gasteiger partial charge is 0.188 e. The Balaban J connectivity index is 1.98. The third-order valence-electron chi connectivity index (χ3n) is 3.20. The van der Waals surface area contributed by atoms with Gasteiger partial charge in [0, 0.05) is 5.56 Å². The molecule has 1 heterocycles. The van der Waals surface area contributed by atoms with Crippen LogP contribution < -0.4 is 0 Å². The van der Waals surface area contributed by atoms with Crippen LogP contribution in [0, 0.1) is 20.8 Å². The summed E-state index contributed by atoms with van der Waals surface area (Å²) < 4.78 is 10.5. The summed E-state index contributed by atoms with van der Waals surface area (Å²) in [5.74, 6) is 0.733. The molecule has 0 aliphatic carbocycles. The Morgan fingerprint density at radius 2 is 1.89 bits per heavy atom. The molecule has 0 fully saturated rings. The Morgan fingerprint density at radius 3 is 2.58 bits per heavy atom. The van der Waals surface area contributed by atoms with Crippen LogP contribution in [0.3, 0.4) is 0 Å². The Morgan fingerprint density at radius 1 is 1.16 bits per heavy atom. The first kappa shape index (κ1) is 13.6. The van der Waals surface area contributed by atoms with Gasteiger partial charge in [-0.1, -0.05) is 6.07 Å². The molecule has 3 nitrogen and oxygen atoms in total. The van der Waals surface area contributed by atoms with Crippen LogP contribution in [0.15, 0.2) is 34.9 Å². The second-order valence-corrected chi connectivity index (χ2v) is 4.75. The lowest BCUT2D eigenvalue weighted by molar-refractivity contribution is 0.0690. The Bertz CT molecular complexity index is 568. The first-order valence-corrected chi connectivity index (χ1v) is 6.29. The molecule has 0 unspecified atom stereocenters. The summed E-state index contributed by atoms with van der Waals surface area (Å²) in [7, 11) is 0. The number of hydrogen-bond acceptors (Lipinski definition) is 3. The van der Waals surface area contributed by atoms with Crippen molar-refractivity contribution in [2.45, 2.75) is 27.4 Å². The summed E-state index contributed by atoms with van der Waals surface area (Å²) in [4.78, 5) is 12.1. The van der Waals surface area contributed by atoms with Gasteiger partial charge in [0.1, 0.15) is 19.0 Å². The van der Waals surface area contributed by atoms with Crippen molar-refractivity contribution >= 4 is 5.78 Å². The summed E-state index contributed by atoms with van der Waals surface area (Å²) in [5, 5.41) is 0. The van der Waals surface area contributed by atoms with Gasteiger partial charge in [0.05, 0.1) is 6.26 Å². The molecule has 0 N–H and O–H groups in total. The van der Waals surface area contributed by atoms with Crippen molar-refractivity contribution in [2.24, 2.45) is 0 Å². The van der Waals surface area contributed by atoms with Crippen LogP contribution in [0.25, 0.3) is 0 Å². The predicted molar refractivity (Wildman–Crippen MR) is 73.3 cm³/mol. The molecule has 0 aliphatic heterocycles. The van der Waals surface area contributed by atoms with Crippen LogP contribution in [-0.4, -0.2) is 12.4 Å². The monoisotopic (exact) mass is 258 g/mol. The van der Waals surface area contributed by atoms with Gasteiger partial charge in [0.15, 0.2) is 5.78 Å². The van der Waals surface area contributed by atoms with Crippen molar-refractivity contribution in [2.75, 3.05) is 6.61 Å².